The van der Waals surface area contributed by atoms with Crippen LogP contribution in [0.15, 0.2) is 18.2 Å². The molecule has 2 heterocycles. The van der Waals surface area contributed by atoms with E-state index in [-0.39, 0.29) is 42.9 Å². The third kappa shape index (κ3) is 2.80. The molecule has 1 aromatic rings. The minimum absolute atomic E-state index is 0.0309. The zero-order chi connectivity index (χ0) is 19.4. The Labute approximate surface area is 156 Å². The summed E-state index contributed by atoms with van der Waals surface area (Å²) in [5, 5.41) is 5.59. The van der Waals surface area contributed by atoms with Gasteiger partial charge in [0.2, 0.25) is 5.91 Å². The largest absolute Gasteiger partial charge is 0.369 e. The quantitative estimate of drug-likeness (QED) is 0.660. The number of carbonyl (C=O) groups is 3. The van der Waals surface area contributed by atoms with Gasteiger partial charge in [0.05, 0.1) is 21.6 Å². The first-order chi connectivity index (χ1) is 12.7. The number of carbonyl (C=O) groups excluding carboxylic acids is 3. The highest BCUT2D eigenvalue weighted by Gasteiger charge is 2.58. The van der Waals surface area contributed by atoms with E-state index in [0.29, 0.717) is 24.1 Å². The van der Waals surface area contributed by atoms with E-state index in [1.54, 1.807) is 18.2 Å². The van der Waals surface area contributed by atoms with Crippen LogP contribution in [0.25, 0.3) is 0 Å². The van der Waals surface area contributed by atoms with E-state index in [1.807, 2.05) is 0 Å². The average molecular weight is 391 g/mol. The Morgan fingerprint density at radius 1 is 1.22 bits per heavy atom. The lowest BCUT2D eigenvalue weighted by Crippen LogP contribution is -2.60. The van der Waals surface area contributed by atoms with E-state index < -0.39 is 26.4 Å². The van der Waals surface area contributed by atoms with Gasteiger partial charge in [-0.3, -0.25) is 14.4 Å². The van der Waals surface area contributed by atoms with Crippen LogP contribution in [0.3, 0.4) is 0 Å². The third-order valence-electron chi connectivity index (χ3n) is 6.05. The van der Waals surface area contributed by atoms with Crippen LogP contribution in [0.5, 0.6) is 0 Å². The molecule has 1 spiro atoms. The van der Waals surface area contributed by atoms with E-state index in [0.717, 1.165) is 5.56 Å². The number of primary amides is 1. The Morgan fingerprint density at radius 2 is 1.96 bits per heavy atom. The van der Waals surface area contributed by atoms with Crippen molar-refractivity contribution in [2.45, 2.75) is 43.0 Å². The van der Waals surface area contributed by atoms with Crippen LogP contribution in [0.4, 0.5) is 0 Å². The van der Waals surface area contributed by atoms with E-state index >= 15 is 0 Å². The van der Waals surface area contributed by atoms with Crippen molar-refractivity contribution in [3.8, 4) is 0 Å². The molecule has 4 N–H and O–H groups in total. The maximum Gasteiger partial charge on any atom is 0.252 e. The number of hydrogen-bond donors (Lipinski definition) is 3. The molecule has 1 saturated carbocycles. The van der Waals surface area contributed by atoms with Crippen LogP contribution >= 0.6 is 0 Å². The summed E-state index contributed by atoms with van der Waals surface area (Å²) in [6.07, 6.45) is 1.03. The van der Waals surface area contributed by atoms with Crippen molar-refractivity contribution in [2.75, 3.05) is 5.75 Å². The molecule has 0 bridgehead atoms. The number of nitrogens with two attached hydrogens (primary N) is 1. The van der Waals surface area contributed by atoms with Gasteiger partial charge in [0.1, 0.15) is 0 Å². The molecular weight excluding hydrogens is 370 g/mol. The highest BCUT2D eigenvalue weighted by Crippen LogP contribution is 2.50. The molecular formula is C18H21N3O5S. The van der Waals surface area contributed by atoms with Crippen molar-refractivity contribution in [1.82, 2.24) is 10.6 Å². The zero-order valence-corrected chi connectivity index (χ0v) is 15.5. The van der Waals surface area contributed by atoms with Gasteiger partial charge in [-0.2, -0.15) is 0 Å². The fourth-order valence-corrected chi connectivity index (χ4v) is 6.90. The lowest BCUT2D eigenvalue weighted by Gasteiger charge is -2.49. The van der Waals surface area contributed by atoms with Crippen LogP contribution in [0.2, 0.25) is 0 Å². The van der Waals surface area contributed by atoms with Crippen molar-refractivity contribution < 1.29 is 22.8 Å². The zero-order valence-electron chi connectivity index (χ0n) is 14.7. The Balaban J connectivity index is 1.51. The fourth-order valence-electron chi connectivity index (χ4n) is 4.51. The number of nitrogens with one attached hydrogen (secondary N) is 2. The van der Waals surface area contributed by atoms with Gasteiger partial charge in [-0.1, -0.05) is 12.1 Å². The predicted octanol–water partition coefficient (Wildman–Crippen LogP) is -0.129. The maximum atomic E-state index is 12.8. The lowest BCUT2D eigenvalue weighted by molar-refractivity contribution is -0.125. The molecule has 1 aliphatic carbocycles. The van der Waals surface area contributed by atoms with Crippen molar-refractivity contribution in [3.63, 3.8) is 0 Å². The molecule has 1 atom stereocenters. The number of hydrogen-bond acceptors (Lipinski definition) is 5. The van der Waals surface area contributed by atoms with Crippen LogP contribution < -0.4 is 16.4 Å². The summed E-state index contributed by atoms with van der Waals surface area (Å²) in [5.41, 5.74) is 6.75. The van der Waals surface area contributed by atoms with Crippen LogP contribution in [0.1, 0.15) is 52.0 Å². The monoisotopic (exact) mass is 391 g/mol. The Hall–Kier alpha value is -2.42. The molecule has 2 aliphatic heterocycles. The molecule has 3 amide bonds. The molecule has 1 aromatic carbocycles. The number of amides is 3. The summed E-state index contributed by atoms with van der Waals surface area (Å²) in [4.78, 5) is 36.1. The van der Waals surface area contributed by atoms with Gasteiger partial charge in [-0.15, -0.1) is 0 Å². The lowest BCUT2D eigenvalue weighted by atomic mass is 9.70. The average Bonchev–Trinajstić information content (AvgIpc) is 2.95. The van der Waals surface area contributed by atoms with Crippen LogP contribution in [-0.4, -0.2) is 42.7 Å². The molecule has 1 unspecified atom stereocenters. The minimum atomic E-state index is -3.33. The van der Waals surface area contributed by atoms with E-state index in [1.165, 1.54) is 0 Å². The molecule has 1 saturated heterocycles. The Bertz CT molecular complexity index is 950. The Morgan fingerprint density at radius 3 is 2.67 bits per heavy atom. The number of sulfone groups is 1. The summed E-state index contributed by atoms with van der Waals surface area (Å²) in [6, 6.07) is 4.80. The molecule has 4 rings (SSSR count). The SMILES string of the molecule is NC(=O)C1CC2(CC(NC(=O)c3cccc4c3C(=O)NC4)CCS2(=O)=O)C1. The van der Waals surface area contributed by atoms with Crippen molar-refractivity contribution in [2.24, 2.45) is 11.7 Å². The third-order valence-corrected chi connectivity index (χ3v) is 8.64. The van der Waals surface area contributed by atoms with E-state index in [9.17, 15) is 22.8 Å². The van der Waals surface area contributed by atoms with Gasteiger partial charge in [-0.05, 0) is 37.3 Å². The summed E-state index contributed by atoms with van der Waals surface area (Å²) in [6.45, 7) is 0.397. The summed E-state index contributed by atoms with van der Waals surface area (Å²) < 4.78 is 24.1. The maximum absolute atomic E-state index is 12.8. The molecule has 27 heavy (non-hydrogen) atoms. The first-order valence-electron chi connectivity index (χ1n) is 8.95. The first-order valence-corrected chi connectivity index (χ1v) is 10.6. The summed E-state index contributed by atoms with van der Waals surface area (Å²) in [5.74, 6) is -1.59. The highest BCUT2D eigenvalue weighted by molar-refractivity contribution is 7.92. The topological polar surface area (TPSA) is 135 Å². The molecule has 0 radical (unpaired) electrons. The second-order valence-electron chi connectivity index (χ2n) is 7.69. The van der Waals surface area contributed by atoms with Crippen molar-refractivity contribution >= 4 is 27.6 Å². The second-order valence-corrected chi connectivity index (χ2v) is 10.2. The van der Waals surface area contributed by atoms with Gasteiger partial charge in [0.15, 0.2) is 9.84 Å². The van der Waals surface area contributed by atoms with E-state index in [2.05, 4.69) is 10.6 Å². The van der Waals surface area contributed by atoms with Gasteiger partial charge in [-0.25, -0.2) is 8.42 Å². The molecule has 2 fully saturated rings. The predicted molar refractivity (Wildman–Crippen MR) is 96.5 cm³/mol. The van der Waals surface area contributed by atoms with Gasteiger partial charge < -0.3 is 16.4 Å². The van der Waals surface area contributed by atoms with Gasteiger partial charge in [0, 0.05) is 18.5 Å². The standard InChI is InChI=1S/C18H21N3O5S/c19-15(22)11-6-18(7-11)8-12(4-5-27(18,25)26)21-16(23)13-3-1-2-10-9-20-17(24)14(10)13/h1-3,11-12H,4-9H2,(H2,19,22)(H,20,24)(H,21,23). The fraction of sp³-hybridized carbons (Fsp3) is 0.500. The summed E-state index contributed by atoms with van der Waals surface area (Å²) in [7, 11) is -3.33. The number of rotatable bonds is 3. The molecule has 8 nitrogen and oxygen atoms in total. The number of benzene rings is 1. The van der Waals surface area contributed by atoms with Crippen molar-refractivity contribution in [1.29, 1.82) is 0 Å². The van der Waals surface area contributed by atoms with Crippen LogP contribution in [-0.2, 0) is 21.2 Å². The smallest absolute Gasteiger partial charge is 0.252 e. The van der Waals surface area contributed by atoms with E-state index in [4.69, 9.17) is 5.73 Å². The first kappa shape index (κ1) is 18.0. The van der Waals surface area contributed by atoms with Crippen LogP contribution in [0, 0.1) is 5.92 Å². The minimum Gasteiger partial charge on any atom is -0.369 e. The number of fused-ring (bicyclic) bond motifs is 1. The van der Waals surface area contributed by atoms with Gasteiger partial charge >= 0.3 is 0 Å². The Kier molecular flexibility index (Phi) is 4.03. The highest BCUT2D eigenvalue weighted by atomic mass is 32.2. The molecule has 0 aromatic heterocycles. The molecule has 9 heteroatoms. The second kappa shape index (κ2) is 6.05. The molecule has 3 aliphatic rings. The molecule has 144 valence electrons. The summed E-state index contributed by atoms with van der Waals surface area (Å²) >= 11 is 0. The van der Waals surface area contributed by atoms with Crippen molar-refractivity contribution in [3.05, 3.63) is 34.9 Å². The van der Waals surface area contributed by atoms with Gasteiger partial charge in [0.25, 0.3) is 11.8 Å². The normalized spacial score (nSPS) is 30.9.